The lowest BCUT2D eigenvalue weighted by atomic mass is 10.1. The van der Waals surface area contributed by atoms with E-state index in [9.17, 15) is 4.79 Å². The van der Waals surface area contributed by atoms with Gasteiger partial charge >= 0.3 is 0 Å². The Kier molecular flexibility index (Phi) is 6.67. The first-order chi connectivity index (χ1) is 11.6. The molecule has 0 radical (unpaired) electrons. The van der Waals surface area contributed by atoms with Gasteiger partial charge in [-0.3, -0.25) is 4.79 Å². The van der Waals surface area contributed by atoms with Gasteiger partial charge in [0, 0.05) is 13.6 Å². The third-order valence-corrected chi connectivity index (χ3v) is 3.76. The predicted molar refractivity (Wildman–Crippen MR) is 95.4 cm³/mol. The fourth-order valence-electron chi connectivity index (χ4n) is 2.28. The minimum Gasteiger partial charge on any atom is -0.490 e. The second-order valence-electron chi connectivity index (χ2n) is 5.76. The molecule has 0 unspecified atom stereocenters. The third-order valence-electron chi connectivity index (χ3n) is 3.76. The number of aryl methyl sites for hydroxylation is 1. The highest BCUT2D eigenvalue weighted by Crippen LogP contribution is 2.26. The lowest BCUT2D eigenvalue weighted by molar-refractivity contribution is -0.132. The van der Waals surface area contributed by atoms with E-state index in [1.807, 2.05) is 62.4 Å². The summed E-state index contributed by atoms with van der Waals surface area (Å²) >= 11 is 0. The van der Waals surface area contributed by atoms with Crippen LogP contribution in [0.15, 0.2) is 48.5 Å². The van der Waals surface area contributed by atoms with Gasteiger partial charge in [0.1, 0.15) is 0 Å². The average Bonchev–Trinajstić information content (AvgIpc) is 2.60. The summed E-state index contributed by atoms with van der Waals surface area (Å²) in [5.41, 5.74) is 2.32. The Labute approximate surface area is 144 Å². The second kappa shape index (κ2) is 8.96. The number of ether oxygens (including phenoxy) is 2. The van der Waals surface area contributed by atoms with E-state index < -0.39 is 0 Å². The van der Waals surface area contributed by atoms with Crippen molar-refractivity contribution in [3.05, 3.63) is 59.7 Å². The maximum Gasteiger partial charge on any atom is 0.260 e. The van der Waals surface area contributed by atoms with Gasteiger partial charge < -0.3 is 14.4 Å². The summed E-state index contributed by atoms with van der Waals surface area (Å²) in [4.78, 5) is 14.0. The zero-order chi connectivity index (χ0) is 17.4. The molecule has 2 aromatic rings. The van der Waals surface area contributed by atoms with E-state index in [1.54, 1.807) is 11.9 Å². The summed E-state index contributed by atoms with van der Waals surface area (Å²) in [7, 11) is 1.79. The predicted octanol–water partition coefficient (Wildman–Crippen LogP) is 3.82. The van der Waals surface area contributed by atoms with Gasteiger partial charge in [-0.2, -0.15) is 0 Å². The molecule has 0 N–H and O–H groups in total. The van der Waals surface area contributed by atoms with Crippen molar-refractivity contribution in [2.45, 2.75) is 26.8 Å². The van der Waals surface area contributed by atoms with Crippen molar-refractivity contribution in [3.8, 4) is 11.5 Å². The van der Waals surface area contributed by atoms with E-state index in [0.717, 1.165) is 12.0 Å². The number of carbonyl (C=O) groups is 1. The first kappa shape index (κ1) is 17.9. The van der Waals surface area contributed by atoms with Crippen LogP contribution >= 0.6 is 0 Å². The van der Waals surface area contributed by atoms with E-state index >= 15 is 0 Å². The summed E-state index contributed by atoms with van der Waals surface area (Å²) in [6.45, 7) is 5.29. The molecule has 0 aliphatic rings. The van der Waals surface area contributed by atoms with Gasteiger partial charge in [0.25, 0.3) is 5.91 Å². The molecule has 0 aromatic heterocycles. The molecule has 0 saturated carbocycles. The fraction of sp³-hybridized carbons (Fsp3) is 0.350. The molecule has 0 bridgehead atoms. The van der Waals surface area contributed by atoms with Crippen molar-refractivity contribution in [3.63, 3.8) is 0 Å². The van der Waals surface area contributed by atoms with E-state index in [1.165, 1.54) is 5.56 Å². The Morgan fingerprint density at radius 3 is 2.29 bits per heavy atom. The average molecular weight is 327 g/mol. The topological polar surface area (TPSA) is 38.8 Å². The van der Waals surface area contributed by atoms with Gasteiger partial charge in [-0.1, -0.05) is 43.3 Å². The molecule has 0 aliphatic carbocycles. The SMILES string of the molecule is CCCOc1ccccc1OCC(=O)N(C)Cc1ccccc1C. The lowest BCUT2D eigenvalue weighted by Crippen LogP contribution is -2.31. The Morgan fingerprint density at radius 2 is 1.62 bits per heavy atom. The maximum absolute atomic E-state index is 12.3. The molecule has 4 nitrogen and oxygen atoms in total. The van der Waals surface area contributed by atoms with E-state index in [4.69, 9.17) is 9.47 Å². The number of likely N-dealkylation sites (N-methyl/N-ethyl adjacent to an activating group) is 1. The fourth-order valence-corrected chi connectivity index (χ4v) is 2.28. The highest BCUT2D eigenvalue weighted by molar-refractivity contribution is 5.77. The first-order valence-corrected chi connectivity index (χ1v) is 8.25. The van der Waals surface area contributed by atoms with E-state index in [2.05, 4.69) is 0 Å². The number of hydrogen-bond donors (Lipinski definition) is 0. The minimum atomic E-state index is -0.0662. The summed E-state index contributed by atoms with van der Waals surface area (Å²) < 4.78 is 11.3. The van der Waals surface area contributed by atoms with Gasteiger partial charge in [-0.05, 0) is 36.6 Å². The maximum atomic E-state index is 12.3. The van der Waals surface area contributed by atoms with Gasteiger partial charge in [-0.15, -0.1) is 0 Å². The van der Waals surface area contributed by atoms with Gasteiger partial charge in [0.05, 0.1) is 6.61 Å². The zero-order valence-corrected chi connectivity index (χ0v) is 14.6. The molecule has 24 heavy (non-hydrogen) atoms. The van der Waals surface area contributed by atoms with Crippen LogP contribution in [0.25, 0.3) is 0 Å². The monoisotopic (exact) mass is 327 g/mol. The Morgan fingerprint density at radius 1 is 1.00 bits per heavy atom. The Hall–Kier alpha value is -2.49. The quantitative estimate of drug-likeness (QED) is 0.740. The molecule has 4 heteroatoms. The smallest absolute Gasteiger partial charge is 0.260 e. The molecule has 2 aromatic carbocycles. The van der Waals surface area contributed by atoms with Crippen molar-refractivity contribution in [1.29, 1.82) is 0 Å². The van der Waals surface area contributed by atoms with Crippen molar-refractivity contribution >= 4 is 5.91 Å². The van der Waals surface area contributed by atoms with Crippen LogP contribution < -0.4 is 9.47 Å². The molecule has 2 rings (SSSR count). The number of amides is 1. The molecular weight excluding hydrogens is 302 g/mol. The number of carbonyl (C=O) groups excluding carboxylic acids is 1. The molecule has 128 valence electrons. The molecule has 1 amide bonds. The van der Waals surface area contributed by atoms with Crippen LogP contribution in [0.1, 0.15) is 24.5 Å². The highest BCUT2D eigenvalue weighted by Gasteiger charge is 2.13. The normalized spacial score (nSPS) is 10.3. The van der Waals surface area contributed by atoms with Crippen molar-refractivity contribution < 1.29 is 14.3 Å². The summed E-state index contributed by atoms with van der Waals surface area (Å²) in [5.74, 6) is 1.21. The molecule has 0 spiro atoms. The summed E-state index contributed by atoms with van der Waals surface area (Å²) in [6.07, 6.45) is 0.923. The van der Waals surface area contributed by atoms with Gasteiger partial charge in [0.15, 0.2) is 18.1 Å². The van der Waals surface area contributed by atoms with Crippen LogP contribution in [0.5, 0.6) is 11.5 Å². The van der Waals surface area contributed by atoms with Crippen molar-refractivity contribution in [2.24, 2.45) is 0 Å². The molecule has 0 atom stereocenters. The number of rotatable bonds is 8. The van der Waals surface area contributed by atoms with Crippen LogP contribution in [0.2, 0.25) is 0 Å². The lowest BCUT2D eigenvalue weighted by Gasteiger charge is -2.19. The van der Waals surface area contributed by atoms with Crippen LogP contribution in [-0.4, -0.2) is 31.1 Å². The largest absolute Gasteiger partial charge is 0.490 e. The number of benzene rings is 2. The van der Waals surface area contributed by atoms with Crippen LogP contribution in [0.3, 0.4) is 0 Å². The Bertz CT molecular complexity index is 669. The second-order valence-corrected chi connectivity index (χ2v) is 5.76. The summed E-state index contributed by atoms with van der Waals surface area (Å²) in [5, 5.41) is 0. The van der Waals surface area contributed by atoms with Crippen LogP contribution in [0.4, 0.5) is 0 Å². The van der Waals surface area contributed by atoms with Gasteiger partial charge in [0.2, 0.25) is 0 Å². The third kappa shape index (κ3) is 5.01. The number of hydrogen-bond acceptors (Lipinski definition) is 3. The summed E-state index contributed by atoms with van der Waals surface area (Å²) in [6, 6.07) is 15.5. The molecule has 0 saturated heterocycles. The molecule has 0 aliphatic heterocycles. The van der Waals surface area contributed by atoms with Crippen molar-refractivity contribution in [1.82, 2.24) is 4.90 Å². The van der Waals surface area contributed by atoms with E-state index in [-0.39, 0.29) is 12.5 Å². The zero-order valence-electron chi connectivity index (χ0n) is 14.6. The van der Waals surface area contributed by atoms with Crippen LogP contribution in [-0.2, 0) is 11.3 Å². The van der Waals surface area contributed by atoms with Gasteiger partial charge in [-0.25, -0.2) is 0 Å². The molecule has 0 heterocycles. The number of para-hydroxylation sites is 2. The van der Waals surface area contributed by atoms with Crippen molar-refractivity contribution in [2.75, 3.05) is 20.3 Å². The van der Waals surface area contributed by atoms with Crippen LogP contribution in [0, 0.1) is 6.92 Å². The minimum absolute atomic E-state index is 0.00508. The Balaban J connectivity index is 1.92. The standard InChI is InChI=1S/C20H25NO3/c1-4-13-23-18-11-7-8-12-19(18)24-15-20(22)21(3)14-17-10-6-5-9-16(17)2/h5-12H,4,13-15H2,1-3H3. The molecular formula is C20H25NO3. The number of nitrogens with zero attached hydrogens (tertiary/aromatic N) is 1. The first-order valence-electron chi connectivity index (χ1n) is 8.25. The highest BCUT2D eigenvalue weighted by atomic mass is 16.5. The molecule has 0 fully saturated rings. The van der Waals surface area contributed by atoms with E-state index in [0.29, 0.717) is 24.7 Å².